The van der Waals surface area contributed by atoms with Gasteiger partial charge in [-0.3, -0.25) is 4.79 Å². The summed E-state index contributed by atoms with van der Waals surface area (Å²) in [6, 6.07) is 9.60. The average molecular weight is 256 g/mol. The van der Waals surface area contributed by atoms with E-state index in [0.717, 1.165) is 10.9 Å². The van der Waals surface area contributed by atoms with E-state index in [4.69, 9.17) is 10.00 Å². The minimum atomic E-state index is -0.589. The molecule has 0 unspecified atom stereocenters. The van der Waals surface area contributed by atoms with Crippen LogP contribution in [0.5, 0.6) is 0 Å². The highest BCUT2D eigenvalue weighted by Crippen LogP contribution is 2.24. The van der Waals surface area contributed by atoms with Crippen LogP contribution >= 0.6 is 0 Å². The number of benzene rings is 1. The number of rotatable bonds is 3. The molecule has 98 valence electrons. The number of methoxy groups -OCH3 is 1. The number of aromatic nitrogens is 1. The van der Waals surface area contributed by atoms with Gasteiger partial charge in [0.05, 0.1) is 24.2 Å². The molecule has 0 radical (unpaired) electrons. The fraction of sp³-hybridized carbons (Fsp3) is 0.333. The molecule has 19 heavy (non-hydrogen) atoms. The molecule has 0 spiro atoms. The van der Waals surface area contributed by atoms with Gasteiger partial charge < -0.3 is 9.30 Å². The second-order valence-corrected chi connectivity index (χ2v) is 5.20. The van der Waals surface area contributed by atoms with E-state index >= 15 is 0 Å². The van der Waals surface area contributed by atoms with Crippen LogP contribution in [-0.2, 0) is 16.1 Å². The summed E-state index contributed by atoms with van der Waals surface area (Å²) in [6.07, 6.45) is 1.93. The Morgan fingerprint density at radius 1 is 1.42 bits per heavy atom. The van der Waals surface area contributed by atoms with Gasteiger partial charge in [-0.2, -0.15) is 5.26 Å². The molecule has 0 saturated carbocycles. The Labute approximate surface area is 112 Å². The summed E-state index contributed by atoms with van der Waals surface area (Å²) < 4.78 is 6.82. The van der Waals surface area contributed by atoms with Crippen LogP contribution in [0.3, 0.4) is 0 Å². The molecule has 4 nitrogen and oxygen atoms in total. The van der Waals surface area contributed by atoms with E-state index in [9.17, 15) is 4.79 Å². The van der Waals surface area contributed by atoms with Crippen LogP contribution in [0.1, 0.15) is 19.4 Å². The van der Waals surface area contributed by atoms with Gasteiger partial charge in [0.15, 0.2) is 0 Å². The first-order valence-corrected chi connectivity index (χ1v) is 6.05. The lowest BCUT2D eigenvalue weighted by Crippen LogP contribution is -2.30. The summed E-state index contributed by atoms with van der Waals surface area (Å²) in [4.78, 5) is 11.7. The third kappa shape index (κ3) is 2.45. The third-order valence-corrected chi connectivity index (χ3v) is 3.20. The van der Waals surface area contributed by atoms with Crippen molar-refractivity contribution in [3.63, 3.8) is 0 Å². The number of hydrogen-bond acceptors (Lipinski definition) is 3. The van der Waals surface area contributed by atoms with Gasteiger partial charge in [-0.25, -0.2) is 0 Å². The Bertz CT molecular complexity index is 662. The Morgan fingerprint density at radius 2 is 2.16 bits per heavy atom. The van der Waals surface area contributed by atoms with E-state index in [1.165, 1.54) is 7.11 Å². The van der Waals surface area contributed by atoms with Gasteiger partial charge in [0.2, 0.25) is 0 Å². The predicted molar refractivity (Wildman–Crippen MR) is 72.5 cm³/mol. The van der Waals surface area contributed by atoms with Crippen LogP contribution in [0.2, 0.25) is 0 Å². The topological polar surface area (TPSA) is 55.0 Å². The van der Waals surface area contributed by atoms with E-state index in [0.29, 0.717) is 12.1 Å². The van der Waals surface area contributed by atoms with Crippen molar-refractivity contribution in [3.05, 3.63) is 36.0 Å². The largest absolute Gasteiger partial charge is 0.469 e. The molecule has 1 aromatic carbocycles. The second-order valence-electron chi connectivity index (χ2n) is 5.20. The first-order chi connectivity index (χ1) is 8.97. The maximum Gasteiger partial charge on any atom is 0.313 e. The lowest BCUT2D eigenvalue weighted by Gasteiger charge is -2.22. The van der Waals surface area contributed by atoms with Crippen LogP contribution in [0, 0.1) is 16.7 Å². The fourth-order valence-electron chi connectivity index (χ4n) is 2.17. The van der Waals surface area contributed by atoms with Crippen molar-refractivity contribution in [3.8, 4) is 6.07 Å². The molecule has 0 atom stereocenters. The molecule has 0 aliphatic rings. The van der Waals surface area contributed by atoms with Crippen LogP contribution < -0.4 is 0 Å². The maximum atomic E-state index is 11.7. The van der Waals surface area contributed by atoms with E-state index in [1.807, 2.05) is 42.8 Å². The quantitative estimate of drug-likeness (QED) is 0.793. The molecule has 0 aliphatic heterocycles. The SMILES string of the molecule is COC(=O)C(C)(C)Cn1ccc2cc(C#N)ccc21. The number of carbonyl (C=O) groups is 1. The van der Waals surface area contributed by atoms with Crippen molar-refractivity contribution in [2.24, 2.45) is 5.41 Å². The molecule has 2 rings (SSSR count). The van der Waals surface area contributed by atoms with Crippen molar-refractivity contribution >= 4 is 16.9 Å². The molecule has 4 heteroatoms. The molecule has 1 heterocycles. The number of nitrogens with zero attached hydrogens (tertiary/aromatic N) is 2. The molecule has 0 bridgehead atoms. The summed E-state index contributed by atoms with van der Waals surface area (Å²) in [5.41, 5.74) is 1.06. The summed E-state index contributed by atoms with van der Waals surface area (Å²) in [7, 11) is 1.40. The summed E-state index contributed by atoms with van der Waals surface area (Å²) in [6.45, 7) is 4.25. The summed E-state index contributed by atoms with van der Waals surface area (Å²) in [5, 5.41) is 9.88. The highest BCUT2D eigenvalue weighted by molar-refractivity contribution is 5.82. The Hall–Kier alpha value is -2.28. The monoisotopic (exact) mass is 256 g/mol. The van der Waals surface area contributed by atoms with E-state index in [2.05, 4.69) is 6.07 Å². The minimum Gasteiger partial charge on any atom is -0.469 e. The molecule has 0 aliphatic carbocycles. The van der Waals surface area contributed by atoms with Gasteiger partial charge >= 0.3 is 5.97 Å². The Balaban J connectivity index is 2.37. The number of ether oxygens (including phenoxy) is 1. The van der Waals surface area contributed by atoms with Crippen molar-refractivity contribution in [1.82, 2.24) is 4.57 Å². The molecule has 2 aromatic rings. The number of carbonyl (C=O) groups excluding carboxylic acids is 1. The number of nitriles is 1. The van der Waals surface area contributed by atoms with Crippen molar-refractivity contribution < 1.29 is 9.53 Å². The molecule has 1 aromatic heterocycles. The van der Waals surface area contributed by atoms with Gasteiger partial charge in [-0.1, -0.05) is 0 Å². The normalized spacial score (nSPS) is 11.3. The van der Waals surface area contributed by atoms with Crippen LogP contribution in [0.4, 0.5) is 0 Å². The van der Waals surface area contributed by atoms with Gasteiger partial charge in [-0.15, -0.1) is 0 Å². The van der Waals surface area contributed by atoms with Crippen LogP contribution in [0.25, 0.3) is 10.9 Å². The Morgan fingerprint density at radius 3 is 2.79 bits per heavy atom. The van der Waals surface area contributed by atoms with Gasteiger partial charge in [0.1, 0.15) is 0 Å². The predicted octanol–water partition coefficient (Wildman–Crippen LogP) is 2.71. The zero-order chi connectivity index (χ0) is 14.0. The Kier molecular flexibility index (Phi) is 3.30. The van der Waals surface area contributed by atoms with Gasteiger partial charge in [0.25, 0.3) is 0 Å². The summed E-state index contributed by atoms with van der Waals surface area (Å²) in [5.74, 6) is -0.233. The van der Waals surface area contributed by atoms with E-state index in [1.54, 1.807) is 6.07 Å². The molecule has 0 fully saturated rings. The highest BCUT2D eigenvalue weighted by atomic mass is 16.5. The lowest BCUT2D eigenvalue weighted by molar-refractivity contribution is -0.151. The first kappa shape index (κ1) is 13.2. The van der Waals surface area contributed by atoms with Crippen LogP contribution in [-0.4, -0.2) is 17.6 Å². The minimum absolute atomic E-state index is 0.233. The van der Waals surface area contributed by atoms with Gasteiger partial charge in [0, 0.05) is 23.6 Å². The van der Waals surface area contributed by atoms with Gasteiger partial charge in [-0.05, 0) is 38.1 Å². The number of hydrogen-bond donors (Lipinski definition) is 0. The smallest absolute Gasteiger partial charge is 0.313 e. The lowest BCUT2D eigenvalue weighted by atomic mass is 9.93. The van der Waals surface area contributed by atoms with Crippen LogP contribution in [0.15, 0.2) is 30.5 Å². The maximum absolute atomic E-state index is 11.7. The second kappa shape index (κ2) is 4.77. The zero-order valence-electron chi connectivity index (χ0n) is 11.3. The molecular formula is C15H16N2O2. The standard InChI is InChI=1S/C15H16N2O2/c1-15(2,14(18)19-3)10-17-7-6-12-8-11(9-16)4-5-13(12)17/h4-8H,10H2,1-3H3. The van der Waals surface area contributed by atoms with E-state index < -0.39 is 5.41 Å². The molecule has 0 N–H and O–H groups in total. The first-order valence-electron chi connectivity index (χ1n) is 6.05. The number of fused-ring (bicyclic) bond motifs is 1. The third-order valence-electron chi connectivity index (χ3n) is 3.20. The fourth-order valence-corrected chi connectivity index (χ4v) is 2.17. The molecular weight excluding hydrogens is 240 g/mol. The van der Waals surface area contributed by atoms with Crippen molar-refractivity contribution in [1.29, 1.82) is 5.26 Å². The molecule has 0 amide bonds. The van der Waals surface area contributed by atoms with Crippen molar-refractivity contribution in [2.75, 3.05) is 7.11 Å². The summed E-state index contributed by atoms with van der Waals surface area (Å²) >= 11 is 0. The highest BCUT2D eigenvalue weighted by Gasteiger charge is 2.29. The zero-order valence-corrected chi connectivity index (χ0v) is 11.3. The van der Waals surface area contributed by atoms with E-state index in [-0.39, 0.29) is 5.97 Å². The number of esters is 1. The molecule has 0 saturated heterocycles. The average Bonchev–Trinajstić information content (AvgIpc) is 2.79. The van der Waals surface area contributed by atoms with Crippen molar-refractivity contribution in [2.45, 2.75) is 20.4 Å².